The predicted molar refractivity (Wildman–Crippen MR) is 38.9 cm³/mol. The molecule has 0 radical (unpaired) electrons. The Bertz CT molecular complexity index is 81.7. The van der Waals surface area contributed by atoms with Crippen molar-refractivity contribution in [3.63, 3.8) is 0 Å². The van der Waals surface area contributed by atoms with Crippen molar-refractivity contribution in [3.05, 3.63) is 0 Å². The summed E-state index contributed by atoms with van der Waals surface area (Å²) in [4.78, 5) is 0. The number of nitrogens with one attached hydrogen (secondary N) is 1. The highest BCUT2D eigenvalue weighted by Gasteiger charge is 2.11. The van der Waals surface area contributed by atoms with Crippen LogP contribution in [0.5, 0.6) is 0 Å². The highest BCUT2D eigenvalue weighted by Crippen LogP contribution is 2.04. The first kappa shape index (κ1) is 7.98. The summed E-state index contributed by atoms with van der Waals surface area (Å²) in [7, 11) is 0. The van der Waals surface area contributed by atoms with Crippen molar-refractivity contribution in [3.8, 4) is 0 Å². The summed E-state index contributed by atoms with van der Waals surface area (Å²) < 4.78 is 5.23. The smallest absolute Gasteiger partial charge is 0.0619 e. The van der Waals surface area contributed by atoms with Crippen LogP contribution >= 0.6 is 0 Å². The van der Waals surface area contributed by atoms with Gasteiger partial charge >= 0.3 is 0 Å². The molecule has 60 valence electrons. The summed E-state index contributed by atoms with van der Waals surface area (Å²) in [5.74, 6) is 0. The lowest BCUT2D eigenvalue weighted by Crippen LogP contribution is -2.38. The van der Waals surface area contributed by atoms with Gasteiger partial charge in [0.15, 0.2) is 0 Å². The van der Waals surface area contributed by atoms with E-state index in [-0.39, 0.29) is 6.61 Å². The van der Waals surface area contributed by atoms with Gasteiger partial charge in [-0.1, -0.05) is 0 Å². The molecule has 0 amide bonds. The number of aliphatic hydroxyl groups is 1. The molecular weight excluding hydrogens is 130 g/mol. The van der Waals surface area contributed by atoms with E-state index in [0.29, 0.717) is 12.6 Å². The molecule has 1 saturated heterocycles. The van der Waals surface area contributed by atoms with E-state index in [0.717, 1.165) is 19.6 Å². The first-order valence-corrected chi connectivity index (χ1v) is 3.85. The highest BCUT2D eigenvalue weighted by atomic mass is 16.5. The van der Waals surface area contributed by atoms with Gasteiger partial charge in [-0.25, -0.2) is 0 Å². The zero-order chi connectivity index (χ0) is 7.23. The molecule has 1 unspecified atom stereocenters. The van der Waals surface area contributed by atoms with E-state index in [9.17, 15) is 0 Å². The normalized spacial score (nSPS) is 26.7. The van der Waals surface area contributed by atoms with Crippen LogP contribution in [0.4, 0.5) is 0 Å². The third kappa shape index (κ3) is 2.64. The van der Waals surface area contributed by atoms with Crippen LogP contribution in [-0.2, 0) is 4.74 Å². The monoisotopic (exact) mass is 145 g/mol. The Morgan fingerprint density at radius 2 is 2.50 bits per heavy atom. The quantitative estimate of drug-likeness (QED) is 0.575. The second-order valence-corrected chi connectivity index (χ2v) is 2.59. The van der Waals surface area contributed by atoms with Crippen LogP contribution in [0.3, 0.4) is 0 Å². The average molecular weight is 145 g/mol. The van der Waals surface area contributed by atoms with Crippen molar-refractivity contribution >= 4 is 0 Å². The van der Waals surface area contributed by atoms with Gasteiger partial charge in [0.2, 0.25) is 0 Å². The van der Waals surface area contributed by atoms with E-state index in [1.165, 1.54) is 6.42 Å². The van der Waals surface area contributed by atoms with Crippen molar-refractivity contribution in [1.29, 1.82) is 0 Å². The van der Waals surface area contributed by atoms with Gasteiger partial charge in [-0.3, -0.25) is 0 Å². The Labute approximate surface area is 61.4 Å². The molecule has 1 heterocycles. The van der Waals surface area contributed by atoms with E-state index in [1.54, 1.807) is 0 Å². The number of hydrogen-bond acceptors (Lipinski definition) is 3. The number of hydrogen-bond donors (Lipinski definition) is 2. The van der Waals surface area contributed by atoms with Crippen LogP contribution in [0.1, 0.15) is 12.8 Å². The van der Waals surface area contributed by atoms with Crippen LogP contribution in [-0.4, -0.2) is 37.5 Å². The molecule has 0 spiro atoms. The molecule has 0 bridgehead atoms. The maximum Gasteiger partial charge on any atom is 0.0619 e. The summed E-state index contributed by atoms with van der Waals surface area (Å²) in [6.45, 7) is 2.61. The third-order valence-corrected chi connectivity index (χ3v) is 1.71. The molecule has 3 heteroatoms. The van der Waals surface area contributed by atoms with E-state index in [1.807, 2.05) is 0 Å². The molecule has 1 fully saturated rings. The molecule has 0 aromatic rings. The van der Waals surface area contributed by atoms with Crippen LogP contribution in [0.2, 0.25) is 0 Å². The molecule has 10 heavy (non-hydrogen) atoms. The van der Waals surface area contributed by atoms with E-state index in [2.05, 4.69) is 5.32 Å². The molecular formula is C7H15NO2. The van der Waals surface area contributed by atoms with Crippen molar-refractivity contribution < 1.29 is 9.84 Å². The SMILES string of the molecule is OCCNC1CCCOC1. The van der Waals surface area contributed by atoms with Gasteiger partial charge in [0.25, 0.3) is 0 Å². The van der Waals surface area contributed by atoms with Gasteiger partial charge in [0, 0.05) is 19.2 Å². The summed E-state index contributed by atoms with van der Waals surface area (Å²) >= 11 is 0. The van der Waals surface area contributed by atoms with Gasteiger partial charge in [0.1, 0.15) is 0 Å². The van der Waals surface area contributed by atoms with Crippen LogP contribution in [0.15, 0.2) is 0 Å². The average Bonchev–Trinajstić information content (AvgIpc) is 2.03. The summed E-state index contributed by atoms with van der Waals surface area (Å²) in [5, 5.41) is 11.7. The molecule has 0 aromatic carbocycles. The van der Waals surface area contributed by atoms with E-state index < -0.39 is 0 Å². The second kappa shape index (κ2) is 4.66. The molecule has 3 nitrogen and oxygen atoms in total. The number of aliphatic hydroxyl groups excluding tert-OH is 1. The van der Waals surface area contributed by atoms with E-state index in [4.69, 9.17) is 9.84 Å². The predicted octanol–water partition coefficient (Wildman–Crippen LogP) is -0.253. The summed E-state index contributed by atoms with van der Waals surface area (Å²) in [6, 6.07) is 0.473. The van der Waals surface area contributed by atoms with Gasteiger partial charge < -0.3 is 15.2 Å². The Morgan fingerprint density at radius 3 is 3.10 bits per heavy atom. The summed E-state index contributed by atoms with van der Waals surface area (Å²) in [5.41, 5.74) is 0. The minimum absolute atomic E-state index is 0.219. The lowest BCUT2D eigenvalue weighted by atomic mass is 10.1. The van der Waals surface area contributed by atoms with E-state index >= 15 is 0 Å². The number of rotatable bonds is 3. The summed E-state index contributed by atoms with van der Waals surface area (Å²) in [6.07, 6.45) is 2.32. The molecule has 1 rings (SSSR count). The van der Waals surface area contributed by atoms with Gasteiger partial charge in [-0.05, 0) is 12.8 Å². The molecule has 0 aromatic heterocycles. The molecule has 2 N–H and O–H groups in total. The Hall–Kier alpha value is -0.120. The lowest BCUT2D eigenvalue weighted by molar-refractivity contribution is 0.0689. The standard InChI is InChI=1S/C7H15NO2/c9-4-3-8-7-2-1-5-10-6-7/h7-9H,1-6H2. The molecule has 0 saturated carbocycles. The fraction of sp³-hybridized carbons (Fsp3) is 1.00. The minimum Gasteiger partial charge on any atom is -0.395 e. The van der Waals surface area contributed by atoms with Gasteiger partial charge in [0.05, 0.1) is 13.2 Å². The van der Waals surface area contributed by atoms with Gasteiger partial charge in [-0.2, -0.15) is 0 Å². The second-order valence-electron chi connectivity index (χ2n) is 2.59. The third-order valence-electron chi connectivity index (χ3n) is 1.71. The Morgan fingerprint density at radius 1 is 1.60 bits per heavy atom. The minimum atomic E-state index is 0.219. The van der Waals surface area contributed by atoms with Crippen molar-refractivity contribution in [2.24, 2.45) is 0 Å². The van der Waals surface area contributed by atoms with Crippen LogP contribution in [0, 0.1) is 0 Å². The molecule has 1 atom stereocenters. The lowest BCUT2D eigenvalue weighted by Gasteiger charge is -2.22. The molecule has 1 aliphatic rings. The Kier molecular flexibility index (Phi) is 3.72. The van der Waals surface area contributed by atoms with Crippen molar-refractivity contribution in [2.45, 2.75) is 18.9 Å². The zero-order valence-electron chi connectivity index (χ0n) is 6.18. The van der Waals surface area contributed by atoms with Gasteiger partial charge in [-0.15, -0.1) is 0 Å². The first-order chi connectivity index (χ1) is 4.93. The fourth-order valence-electron chi connectivity index (χ4n) is 1.17. The van der Waals surface area contributed by atoms with Crippen molar-refractivity contribution in [2.75, 3.05) is 26.4 Å². The van der Waals surface area contributed by atoms with Crippen LogP contribution < -0.4 is 5.32 Å². The maximum atomic E-state index is 8.49. The topological polar surface area (TPSA) is 41.5 Å². The fourth-order valence-corrected chi connectivity index (χ4v) is 1.17. The zero-order valence-corrected chi connectivity index (χ0v) is 6.18. The molecule has 0 aliphatic carbocycles. The molecule has 1 aliphatic heterocycles. The van der Waals surface area contributed by atoms with Crippen LogP contribution in [0.25, 0.3) is 0 Å². The maximum absolute atomic E-state index is 8.49. The van der Waals surface area contributed by atoms with Crippen molar-refractivity contribution in [1.82, 2.24) is 5.32 Å². The number of ether oxygens (including phenoxy) is 1. The largest absolute Gasteiger partial charge is 0.395 e. The highest BCUT2D eigenvalue weighted by molar-refractivity contribution is 4.68. The first-order valence-electron chi connectivity index (χ1n) is 3.85. The Balaban J connectivity index is 2.02.